The Labute approximate surface area is 192 Å². The number of fused-ring (bicyclic) bond motifs is 1. The van der Waals surface area contributed by atoms with E-state index in [-0.39, 0.29) is 33.5 Å². The highest BCUT2D eigenvalue weighted by Gasteiger charge is 2.43. The van der Waals surface area contributed by atoms with Crippen LogP contribution in [-0.4, -0.2) is 26.8 Å². The number of alkyl halides is 3. The molecule has 0 fully saturated rings. The summed E-state index contributed by atoms with van der Waals surface area (Å²) in [5.41, 5.74) is -0.338. The molecular weight excluding hydrogens is 447 g/mol. The van der Waals surface area contributed by atoms with Gasteiger partial charge in [-0.15, -0.1) is 0 Å². The molecule has 2 N–H and O–H groups in total. The molecule has 4 aromatic rings. The number of benzene rings is 3. The van der Waals surface area contributed by atoms with Crippen LogP contribution in [0.25, 0.3) is 22.3 Å². The molecule has 1 atom stereocenters. The molecule has 0 unspecified atom stereocenters. The summed E-state index contributed by atoms with van der Waals surface area (Å²) in [5, 5.41) is 11.8. The van der Waals surface area contributed by atoms with Crippen LogP contribution in [0.1, 0.15) is 27.5 Å². The first-order chi connectivity index (χ1) is 16.1. The monoisotopic (exact) mass is 467 g/mol. The number of nitrogens with zero attached hydrogens (tertiary/aromatic N) is 2. The van der Waals surface area contributed by atoms with E-state index in [0.717, 1.165) is 0 Å². The minimum absolute atomic E-state index is 0.0414. The van der Waals surface area contributed by atoms with Gasteiger partial charge in [0.2, 0.25) is 0 Å². The lowest BCUT2D eigenvalue weighted by Gasteiger charge is -2.25. The Morgan fingerprint density at radius 1 is 1.06 bits per heavy atom. The third kappa shape index (κ3) is 4.24. The van der Waals surface area contributed by atoms with Crippen LogP contribution < -0.4 is 10.9 Å². The zero-order valence-electron chi connectivity index (χ0n) is 18.2. The summed E-state index contributed by atoms with van der Waals surface area (Å²) in [5.74, 6) is -1.15. The van der Waals surface area contributed by atoms with Crippen molar-refractivity contribution in [1.82, 2.24) is 9.55 Å². The van der Waals surface area contributed by atoms with Gasteiger partial charge < -0.3 is 10.4 Å². The predicted octanol–water partition coefficient (Wildman–Crippen LogP) is 5.32. The number of anilines is 1. The van der Waals surface area contributed by atoms with E-state index in [0.29, 0.717) is 11.1 Å². The number of aromatic nitrogens is 2. The molecule has 4 rings (SSSR count). The van der Waals surface area contributed by atoms with E-state index < -0.39 is 23.7 Å². The zero-order valence-corrected chi connectivity index (χ0v) is 18.2. The number of aromatic carboxylic acids is 1. The number of nitrogens with one attached hydrogen (secondary N) is 1. The fraction of sp³-hybridized carbons (Fsp3) is 0.160. The molecule has 0 bridgehead atoms. The Bertz CT molecular complexity index is 1450. The molecule has 1 heterocycles. The van der Waals surface area contributed by atoms with Gasteiger partial charge in [0, 0.05) is 23.9 Å². The molecule has 0 saturated heterocycles. The Morgan fingerprint density at radius 3 is 2.35 bits per heavy atom. The van der Waals surface area contributed by atoms with Crippen molar-refractivity contribution in [2.24, 2.45) is 7.05 Å². The quantitative estimate of drug-likeness (QED) is 0.415. The van der Waals surface area contributed by atoms with Crippen LogP contribution in [0.15, 0.2) is 71.5 Å². The van der Waals surface area contributed by atoms with Crippen molar-refractivity contribution >= 4 is 22.6 Å². The molecule has 0 aliphatic carbocycles. The van der Waals surface area contributed by atoms with Crippen LogP contribution in [-0.2, 0) is 7.05 Å². The van der Waals surface area contributed by atoms with Crippen molar-refractivity contribution in [3.05, 3.63) is 93.8 Å². The topological polar surface area (TPSA) is 84.2 Å². The Kier molecular flexibility index (Phi) is 5.87. The van der Waals surface area contributed by atoms with E-state index in [2.05, 4.69) is 10.3 Å². The van der Waals surface area contributed by atoms with Gasteiger partial charge >= 0.3 is 12.1 Å². The maximum atomic E-state index is 14.4. The second kappa shape index (κ2) is 8.66. The molecule has 174 valence electrons. The van der Waals surface area contributed by atoms with Crippen molar-refractivity contribution in [1.29, 1.82) is 0 Å². The number of aryl methyl sites for hydroxylation is 1. The molecule has 3 aromatic carbocycles. The van der Waals surface area contributed by atoms with Crippen LogP contribution in [0, 0.1) is 6.92 Å². The summed E-state index contributed by atoms with van der Waals surface area (Å²) in [6.07, 6.45) is -4.82. The highest BCUT2D eigenvalue weighted by Crippen LogP contribution is 2.39. The lowest BCUT2D eigenvalue weighted by atomic mass is 9.98. The van der Waals surface area contributed by atoms with Crippen LogP contribution in [0.2, 0.25) is 0 Å². The Hall–Kier alpha value is -4.14. The number of para-hydroxylation sites is 1. The van der Waals surface area contributed by atoms with Crippen molar-refractivity contribution in [2.45, 2.75) is 19.1 Å². The van der Waals surface area contributed by atoms with Crippen molar-refractivity contribution in [3.63, 3.8) is 0 Å². The van der Waals surface area contributed by atoms with Crippen LogP contribution >= 0.6 is 0 Å². The maximum Gasteiger partial charge on any atom is 0.412 e. The average molecular weight is 467 g/mol. The van der Waals surface area contributed by atoms with E-state index >= 15 is 0 Å². The summed E-state index contributed by atoms with van der Waals surface area (Å²) in [4.78, 5) is 29.2. The smallest absolute Gasteiger partial charge is 0.412 e. The van der Waals surface area contributed by atoms with Crippen LogP contribution in [0.4, 0.5) is 18.9 Å². The molecule has 34 heavy (non-hydrogen) atoms. The van der Waals surface area contributed by atoms with Gasteiger partial charge in [0.05, 0.1) is 16.5 Å². The number of hydrogen-bond donors (Lipinski definition) is 2. The Morgan fingerprint density at radius 2 is 1.71 bits per heavy atom. The summed E-state index contributed by atoms with van der Waals surface area (Å²) < 4.78 is 44.4. The SMILES string of the molecule is Cc1cc([C@H](Nc2ccccc2C(=O)O)C(F)(F)F)c2nc(-c3ccccc3)n(C)c(=O)c2c1. The van der Waals surface area contributed by atoms with Gasteiger partial charge in [-0.25, -0.2) is 9.78 Å². The predicted molar refractivity (Wildman–Crippen MR) is 123 cm³/mol. The molecule has 9 heteroatoms. The first-order valence-electron chi connectivity index (χ1n) is 10.3. The van der Waals surface area contributed by atoms with E-state index in [1.165, 1.54) is 48.0 Å². The molecule has 0 amide bonds. The first-order valence-corrected chi connectivity index (χ1v) is 10.3. The van der Waals surface area contributed by atoms with Gasteiger partial charge in [0.1, 0.15) is 5.82 Å². The molecule has 0 spiro atoms. The fourth-order valence-electron chi connectivity index (χ4n) is 3.90. The lowest BCUT2D eigenvalue weighted by molar-refractivity contribution is -0.143. The summed E-state index contributed by atoms with van der Waals surface area (Å²) in [6, 6.07) is 14.5. The van der Waals surface area contributed by atoms with Gasteiger partial charge in [-0.05, 0) is 30.7 Å². The van der Waals surface area contributed by atoms with Gasteiger partial charge in [0.25, 0.3) is 5.56 Å². The molecule has 0 saturated carbocycles. The Balaban J connectivity index is 2.00. The molecular formula is C25H20F3N3O3. The molecule has 6 nitrogen and oxygen atoms in total. The van der Waals surface area contributed by atoms with Gasteiger partial charge in [-0.2, -0.15) is 13.2 Å². The standard InChI is InChI=1S/C25H20F3N3O3/c1-14-12-17(21(25(26,27)28)29-19-11-7-6-10-16(19)24(33)34)20-18(13-14)23(32)31(2)22(30-20)15-8-4-3-5-9-15/h3-13,21,29H,1-2H3,(H,33,34)/t21-/m0/s1. The van der Waals surface area contributed by atoms with Gasteiger partial charge in [0.15, 0.2) is 6.04 Å². The van der Waals surface area contributed by atoms with Gasteiger partial charge in [-0.1, -0.05) is 48.5 Å². The van der Waals surface area contributed by atoms with Crippen molar-refractivity contribution in [3.8, 4) is 11.4 Å². The largest absolute Gasteiger partial charge is 0.478 e. The lowest BCUT2D eigenvalue weighted by Crippen LogP contribution is -2.30. The fourth-order valence-corrected chi connectivity index (χ4v) is 3.90. The van der Waals surface area contributed by atoms with Crippen molar-refractivity contribution < 1.29 is 23.1 Å². The third-order valence-corrected chi connectivity index (χ3v) is 5.48. The number of rotatable bonds is 5. The number of halogens is 3. The van der Waals surface area contributed by atoms with Crippen LogP contribution in [0.5, 0.6) is 0 Å². The first kappa shape index (κ1) is 23.0. The van der Waals surface area contributed by atoms with E-state index in [4.69, 9.17) is 0 Å². The molecule has 0 aliphatic heterocycles. The molecule has 0 aliphatic rings. The minimum Gasteiger partial charge on any atom is -0.478 e. The van der Waals surface area contributed by atoms with Crippen LogP contribution in [0.3, 0.4) is 0 Å². The maximum absolute atomic E-state index is 14.4. The summed E-state index contributed by atoms with van der Waals surface area (Å²) in [7, 11) is 1.52. The molecule has 1 aromatic heterocycles. The molecule has 0 radical (unpaired) electrons. The van der Waals surface area contributed by atoms with E-state index in [9.17, 15) is 27.9 Å². The second-order valence-electron chi connectivity index (χ2n) is 7.89. The highest BCUT2D eigenvalue weighted by molar-refractivity contribution is 5.94. The second-order valence-corrected chi connectivity index (χ2v) is 7.89. The summed E-state index contributed by atoms with van der Waals surface area (Å²) in [6.45, 7) is 1.59. The van der Waals surface area contributed by atoms with Gasteiger partial charge in [-0.3, -0.25) is 9.36 Å². The number of carboxylic acids is 1. The normalized spacial score (nSPS) is 12.5. The number of carbonyl (C=O) groups is 1. The van der Waals surface area contributed by atoms with E-state index in [1.807, 2.05) is 0 Å². The number of hydrogen-bond acceptors (Lipinski definition) is 4. The minimum atomic E-state index is -4.82. The highest BCUT2D eigenvalue weighted by atomic mass is 19.4. The van der Waals surface area contributed by atoms with Crippen molar-refractivity contribution in [2.75, 3.05) is 5.32 Å². The third-order valence-electron chi connectivity index (χ3n) is 5.48. The summed E-state index contributed by atoms with van der Waals surface area (Å²) >= 11 is 0. The van der Waals surface area contributed by atoms with E-state index in [1.54, 1.807) is 37.3 Å². The zero-order chi connectivity index (χ0) is 24.6. The average Bonchev–Trinajstić information content (AvgIpc) is 2.79. The number of carboxylic acid groups (broad SMARTS) is 1.